The number of rotatable bonds is 33. The maximum absolute atomic E-state index is 13.8. The SMILES string of the molecule is C=Cc1cc(C(=O)Cc2ccc(C(=N)CC(=O)OC(C)OC(=O)C(C)C)cc2)c(-c2ccc(C(=O)NCC3CC3)nc2C(=O)O)cc1C.C=Cc1cc(C(=O)Cc2ccc(C(=N)N)cc2)c(-c2ccc(C(=O)NCC3CC3)nc2)cc1C.CC(C)C(=O)O.CC(Cl)OC(=O)Oc1ccc([N+](=O)[O-])cc1.CC(OC(=O)Oc1ccc([N+](=O)[O-])cc1)OC(=O)C(C)C.O=C=O.[Ag].[Na+].[OH-].[O]=[Ag]. The second-order valence-corrected chi connectivity index (χ2v) is 30.2. The first-order valence-corrected chi connectivity index (χ1v) is 40.8. The number of alkyl halides is 1. The van der Waals surface area contributed by atoms with E-state index in [4.69, 9.17) is 74.5 Å². The van der Waals surface area contributed by atoms with E-state index in [2.05, 4.69) is 38.5 Å². The number of nitrogen functional groups attached to an aromatic ring is 1. The number of aryl methyl sites for hydroxylation is 2. The Bertz CT molecular complexity index is 5460. The molecule has 0 saturated heterocycles. The predicted molar refractivity (Wildman–Crippen MR) is 470 cm³/mol. The van der Waals surface area contributed by atoms with Crippen molar-refractivity contribution in [2.24, 2.45) is 35.3 Å². The average molecular weight is 2050 g/mol. The van der Waals surface area contributed by atoms with Crippen molar-refractivity contribution in [1.29, 1.82) is 10.8 Å². The number of aliphatic carboxylic acids is 1. The van der Waals surface area contributed by atoms with Crippen LogP contribution in [-0.4, -0.2) is 150 Å². The number of amides is 2. The number of nitrogens with one attached hydrogen (secondary N) is 4. The zero-order chi connectivity index (χ0) is 97.3. The molecular weight excluding hydrogens is 1950 g/mol. The van der Waals surface area contributed by atoms with Gasteiger partial charge >= 0.3 is 102 Å². The molecule has 41 heteroatoms. The Kier molecular flexibility index (Phi) is 52.9. The van der Waals surface area contributed by atoms with E-state index in [1.54, 1.807) is 136 Å². The number of esters is 3. The second-order valence-electron chi connectivity index (χ2n) is 29.6. The van der Waals surface area contributed by atoms with Crippen LogP contribution < -0.4 is 55.4 Å². The van der Waals surface area contributed by atoms with Crippen LogP contribution in [0.2, 0.25) is 0 Å². The van der Waals surface area contributed by atoms with Crippen molar-refractivity contribution < 1.29 is 197 Å². The number of carboxylic acid groups (broad SMARTS) is 2. The molecule has 0 spiro atoms. The van der Waals surface area contributed by atoms with Crippen LogP contribution in [0.5, 0.6) is 11.5 Å². The maximum atomic E-state index is 13.8. The number of aromatic nitrogens is 2. The molecule has 2 aliphatic rings. The summed E-state index contributed by atoms with van der Waals surface area (Å²) in [6, 6.07) is 37.3. The minimum atomic E-state index is -1.33. The van der Waals surface area contributed by atoms with Crippen LogP contribution in [0.3, 0.4) is 0 Å². The second kappa shape index (κ2) is 59.5. The number of ether oxygens (including phenoxy) is 7. The van der Waals surface area contributed by atoms with Crippen LogP contribution in [0.4, 0.5) is 21.0 Å². The van der Waals surface area contributed by atoms with Gasteiger partial charge in [-0.2, -0.15) is 9.59 Å². The van der Waals surface area contributed by atoms with Gasteiger partial charge in [0, 0.05) is 126 Å². The summed E-state index contributed by atoms with van der Waals surface area (Å²) < 4.78 is 41.7. The van der Waals surface area contributed by atoms with E-state index in [0.29, 0.717) is 64.0 Å². The number of hydrogen-bond acceptors (Lipinski definition) is 30. The normalized spacial score (nSPS) is 11.7. The third-order valence-corrected chi connectivity index (χ3v) is 18.3. The van der Waals surface area contributed by atoms with Crippen molar-refractivity contribution in [3.63, 3.8) is 0 Å². The number of aromatic carboxylic acids is 1. The van der Waals surface area contributed by atoms with Crippen molar-refractivity contribution >= 4 is 118 Å². The number of Topliss-reactive ketones (excluding diaryl/α,β-unsaturated/α-hetero) is 2. The van der Waals surface area contributed by atoms with Gasteiger partial charge in [0.15, 0.2) is 22.8 Å². The first-order chi connectivity index (χ1) is 61.4. The van der Waals surface area contributed by atoms with Gasteiger partial charge in [-0.05, 0) is 163 Å². The van der Waals surface area contributed by atoms with Crippen molar-refractivity contribution in [3.8, 4) is 33.8 Å². The van der Waals surface area contributed by atoms with Crippen LogP contribution >= 0.6 is 11.6 Å². The number of nitro groups is 2. The van der Waals surface area contributed by atoms with E-state index in [1.807, 2.05) is 44.2 Å². The molecule has 2 saturated carbocycles. The number of carboxylic acids is 2. The Morgan fingerprint density at radius 2 is 0.962 bits per heavy atom. The Morgan fingerprint density at radius 1 is 0.571 bits per heavy atom. The quantitative estimate of drug-likeness (QED) is 0.00172. The van der Waals surface area contributed by atoms with Crippen molar-refractivity contribution in [3.05, 3.63) is 258 Å². The number of nitro benzene ring substituents is 2. The molecule has 9 N–H and O–H groups in total. The first-order valence-electron chi connectivity index (χ1n) is 39.8. The fraction of sp³-hybridized carbons (Fsp3) is 0.304. The molecule has 1 radical (unpaired) electrons. The molecular formula is C92H99Ag2ClN9NaO28. The molecule has 3 unspecified atom stereocenters. The number of hydrogen-bond donors (Lipinski definition) is 7. The number of carbonyl (C=O) groups is 11. The molecule has 10 rings (SSSR count). The number of carbonyl (C=O) groups excluding carboxylic acids is 11. The Labute approximate surface area is 820 Å². The summed E-state index contributed by atoms with van der Waals surface area (Å²) in [6.45, 7) is 26.8. The Morgan fingerprint density at radius 3 is 1.33 bits per heavy atom. The molecule has 8 aromatic rings. The number of non-ortho nitro benzene ring substituents is 2. The number of amidine groups is 1. The molecule has 2 aliphatic carbocycles. The molecule has 2 amide bonds. The number of benzene rings is 6. The molecule has 133 heavy (non-hydrogen) atoms. The average Bonchev–Trinajstić information content (AvgIpc) is 1.76. The van der Waals surface area contributed by atoms with E-state index in [1.165, 1.54) is 94.3 Å². The summed E-state index contributed by atoms with van der Waals surface area (Å²) in [5, 5.41) is 60.4. The summed E-state index contributed by atoms with van der Waals surface area (Å²) in [7, 11) is 0. The Hall–Kier alpha value is -12.9. The van der Waals surface area contributed by atoms with E-state index in [-0.39, 0.29) is 175 Å². The minimum absolute atomic E-state index is 0. The van der Waals surface area contributed by atoms with Crippen molar-refractivity contribution in [1.82, 2.24) is 20.6 Å². The van der Waals surface area contributed by atoms with Gasteiger partial charge in [0.1, 0.15) is 28.7 Å². The topological polar surface area (TPSA) is 584 Å². The molecule has 0 aliphatic heterocycles. The number of halogens is 1. The number of ketones is 2. The predicted octanol–water partition coefficient (Wildman–Crippen LogP) is 12.6. The zero-order valence-corrected chi connectivity index (χ0v) is 80.1. The molecule has 3 atom stereocenters. The van der Waals surface area contributed by atoms with Gasteiger partial charge in [-0.1, -0.05) is 145 Å². The van der Waals surface area contributed by atoms with Gasteiger partial charge in [-0.3, -0.25) is 69.0 Å². The summed E-state index contributed by atoms with van der Waals surface area (Å²) in [5.74, 6) is -4.49. The zero-order valence-electron chi connectivity index (χ0n) is 74.4. The van der Waals surface area contributed by atoms with Crippen LogP contribution in [-0.2, 0) is 112 Å². The Balaban J connectivity index is 0.000000905. The van der Waals surface area contributed by atoms with Crippen molar-refractivity contribution in [2.75, 3.05) is 13.1 Å². The van der Waals surface area contributed by atoms with E-state index in [9.17, 15) is 78.1 Å². The van der Waals surface area contributed by atoms with Gasteiger partial charge in [-0.15, -0.1) is 0 Å². The van der Waals surface area contributed by atoms with Crippen LogP contribution in [0.15, 0.2) is 165 Å². The summed E-state index contributed by atoms with van der Waals surface area (Å²) in [4.78, 5) is 176. The fourth-order valence-corrected chi connectivity index (χ4v) is 10.9. The summed E-state index contributed by atoms with van der Waals surface area (Å²) >= 11 is 7.09. The van der Waals surface area contributed by atoms with Crippen LogP contribution in [0, 0.1) is 74.5 Å². The monoisotopic (exact) mass is 2050 g/mol. The van der Waals surface area contributed by atoms with E-state index >= 15 is 0 Å². The molecule has 2 heterocycles. The van der Waals surface area contributed by atoms with Gasteiger partial charge in [0.05, 0.1) is 34.0 Å². The van der Waals surface area contributed by atoms with E-state index in [0.717, 1.165) is 46.2 Å². The standard InChI is InChI=1S/C37H39N3O8.C28H28N4O2.C13H15NO7.C9H8ClNO5.C4H8O2.CO2.2Ag.Na.H2O.O/c1-6-25-17-29(28(15-21(25)4)27-13-14-31(40-34(27)36(44)45)35(43)39-19-24-7-8-24)32(41)16-23-9-11-26(12-10-23)30(38)18-33(42)47-22(5)48-37(46)20(2)3;1-3-20-14-24(26(33)13-18-6-8-21(9-7-18)27(29)30)23(12-17(20)2)22-10-11-25(31-16-22)28(34)32-15-19-4-5-19;1-8(2)12(15)19-9(3)20-13(16)21-11-6-4-10(5-7-11)14(17)18;1-6(10)15-9(12)16-8-4-2-7(3-5-8)11(13)14;1-3(2)4(5)6;2-1-3;;;;;/h6,9-15,17,20,22,24,38H,1,7-8,16,18-19H2,2-5H3,(H,39,43)(H,44,45);3,6-12,14,16,19H,1,4-5,13,15H2,2H3,(H3,29,30)(H,32,34);4-9H,1-3H3;2-6H,1H3;3H,1-2H3,(H,5,6);;;;;1H2;/q;;;;;;;;+1;;/p-1. The number of nitrogens with two attached hydrogens (primary N) is 1. The van der Waals surface area contributed by atoms with Gasteiger partial charge in [0.2, 0.25) is 12.6 Å². The molecule has 6 aromatic carbocycles. The molecule has 0 bridgehead atoms. The van der Waals surface area contributed by atoms with Gasteiger partial charge in [-0.25, -0.2) is 19.4 Å². The summed E-state index contributed by atoms with van der Waals surface area (Å²) in [5.41, 5.74) is 13.3. The third kappa shape index (κ3) is 41.6. The fourth-order valence-electron chi connectivity index (χ4n) is 10.9. The first kappa shape index (κ1) is 118. The van der Waals surface area contributed by atoms with Gasteiger partial charge < -0.3 is 70.6 Å². The number of nitrogens with zero attached hydrogens (tertiary/aromatic N) is 4. The molecule has 710 valence electrons. The number of pyridine rings is 2. The summed E-state index contributed by atoms with van der Waals surface area (Å²) in [6.07, 6.45) is 5.29. The van der Waals surface area contributed by atoms with Crippen molar-refractivity contribution in [2.45, 2.75) is 139 Å². The van der Waals surface area contributed by atoms with Crippen LogP contribution in [0.1, 0.15) is 191 Å². The van der Waals surface area contributed by atoms with E-state index < -0.39 is 76.1 Å². The van der Waals surface area contributed by atoms with Crippen LogP contribution in [0.25, 0.3) is 34.4 Å². The molecule has 2 fully saturated rings. The van der Waals surface area contributed by atoms with Gasteiger partial charge in [0.25, 0.3) is 23.2 Å². The third-order valence-electron chi connectivity index (χ3n) is 18.2. The molecule has 37 nitrogen and oxygen atoms in total. The molecule has 2 aromatic heterocycles.